The molecule has 0 amide bonds. The number of rotatable bonds is 5. The standard InChI is InChI=1S/C12H23NO2/c1-3-7-10(11(14)15)13-12(2)8-5-4-6-9-12/h10,13H,3-9H2,1-2H3,(H,14,15). The summed E-state index contributed by atoms with van der Waals surface area (Å²) in [6, 6.07) is -0.363. The first-order valence-corrected chi connectivity index (χ1v) is 6.08. The maximum Gasteiger partial charge on any atom is 0.320 e. The van der Waals surface area contributed by atoms with Crippen LogP contribution >= 0.6 is 0 Å². The average Bonchev–Trinajstić information content (AvgIpc) is 2.18. The van der Waals surface area contributed by atoms with Crippen molar-refractivity contribution < 1.29 is 9.90 Å². The largest absolute Gasteiger partial charge is 0.480 e. The van der Waals surface area contributed by atoms with Crippen molar-refractivity contribution in [2.24, 2.45) is 0 Å². The molecule has 1 aliphatic rings. The fourth-order valence-corrected chi connectivity index (χ4v) is 2.44. The lowest BCUT2D eigenvalue weighted by Crippen LogP contribution is -2.52. The molecule has 1 fully saturated rings. The van der Waals surface area contributed by atoms with E-state index in [1.165, 1.54) is 19.3 Å². The summed E-state index contributed by atoms with van der Waals surface area (Å²) >= 11 is 0. The topological polar surface area (TPSA) is 49.3 Å². The minimum atomic E-state index is -0.705. The molecule has 88 valence electrons. The van der Waals surface area contributed by atoms with Crippen molar-refractivity contribution in [1.29, 1.82) is 0 Å². The van der Waals surface area contributed by atoms with Gasteiger partial charge in [-0.2, -0.15) is 0 Å². The SMILES string of the molecule is CCCC(NC1(C)CCCCC1)C(=O)O. The number of hydrogen-bond donors (Lipinski definition) is 2. The van der Waals surface area contributed by atoms with E-state index in [0.29, 0.717) is 0 Å². The predicted molar refractivity (Wildman–Crippen MR) is 61.0 cm³/mol. The molecular weight excluding hydrogens is 190 g/mol. The van der Waals surface area contributed by atoms with Crippen LogP contribution in [0.3, 0.4) is 0 Å². The van der Waals surface area contributed by atoms with Gasteiger partial charge in [0.2, 0.25) is 0 Å². The van der Waals surface area contributed by atoms with Crippen LogP contribution in [0.25, 0.3) is 0 Å². The molecule has 1 aliphatic carbocycles. The Morgan fingerprint density at radius 2 is 2.00 bits per heavy atom. The summed E-state index contributed by atoms with van der Waals surface area (Å²) in [6.07, 6.45) is 7.61. The van der Waals surface area contributed by atoms with Crippen LogP contribution in [-0.4, -0.2) is 22.7 Å². The highest BCUT2D eigenvalue weighted by molar-refractivity contribution is 5.73. The molecule has 3 nitrogen and oxygen atoms in total. The average molecular weight is 213 g/mol. The zero-order chi connectivity index (χ0) is 11.3. The van der Waals surface area contributed by atoms with Crippen molar-refractivity contribution >= 4 is 5.97 Å². The zero-order valence-corrected chi connectivity index (χ0v) is 9.88. The molecule has 15 heavy (non-hydrogen) atoms. The molecule has 0 saturated heterocycles. The smallest absolute Gasteiger partial charge is 0.320 e. The number of carboxylic acid groups (broad SMARTS) is 1. The summed E-state index contributed by atoms with van der Waals surface area (Å²) in [6.45, 7) is 4.19. The second kappa shape index (κ2) is 5.50. The van der Waals surface area contributed by atoms with Gasteiger partial charge in [0, 0.05) is 5.54 Å². The number of nitrogens with one attached hydrogen (secondary N) is 1. The van der Waals surface area contributed by atoms with Gasteiger partial charge in [-0.15, -0.1) is 0 Å². The molecule has 1 rings (SSSR count). The Balaban J connectivity index is 2.51. The Hall–Kier alpha value is -0.570. The van der Waals surface area contributed by atoms with Crippen molar-refractivity contribution in [1.82, 2.24) is 5.32 Å². The fourth-order valence-electron chi connectivity index (χ4n) is 2.44. The Bertz CT molecular complexity index is 210. The summed E-state index contributed by atoms with van der Waals surface area (Å²) in [7, 11) is 0. The lowest BCUT2D eigenvalue weighted by atomic mass is 9.82. The van der Waals surface area contributed by atoms with E-state index in [1.54, 1.807) is 0 Å². The van der Waals surface area contributed by atoms with E-state index in [2.05, 4.69) is 12.2 Å². The summed E-state index contributed by atoms with van der Waals surface area (Å²) in [4.78, 5) is 11.0. The van der Waals surface area contributed by atoms with Crippen LogP contribution in [0.5, 0.6) is 0 Å². The highest BCUT2D eigenvalue weighted by atomic mass is 16.4. The lowest BCUT2D eigenvalue weighted by molar-refractivity contribution is -0.140. The molecule has 1 unspecified atom stereocenters. The van der Waals surface area contributed by atoms with Gasteiger partial charge in [-0.25, -0.2) is 0 Å². The molecule has 1 atom stereocenters. The second-order valence-electron chi connectivity index (χ2n) is 4.95. The van der Waals surface area contributed by atoms with Crippen LogP contribution in [0.4, 0.5) is 0 Å². The van der Waals surface area contributed by atoms with E-state index in [0.717, 1.165) is 25.7 Å². The molecule has 0 bridgehead atoms. The van der Waals surface area contributed by atoms with E-state index >= 15 is 0 Å². The molecule has 0 aliphatic heterocycles. The van der Waals surface area contributed by atoms with Crippen molar-refractivity contribution in [2.45, 2.75) is 70.4 Å². The minimum absolute atomic E-state index is 0.0521. The van der Waals surface area contributed by atoms with Gasteiger partial charge in [0.15, 0.2) is 0 Å². The first-order chi connectivity index (χ1) is 7.07. The van der Waals surface area contributed by atoms with Crippen molar-refractivity contribution in [3.05, 3.63) is 0 Å². The number of hydrogen-bond acceptors (Lipinski definition) is 2. The first-order valence-electron chi connectivity index (χ1n) is 6.08. The van der Waals surface area contributed by atoms with Crippen LogP contribution in [-0.2, 0) is 4.79 Å². The molecular formula is C12H23NO2. The predicted octanol–water partition coefficient (Wildman–Crippen LogP) is 2.55. The van der Waals surface area contributed by atoms with Gasteiger partial charge in [-0.3, -0.25) is 10.1 Å². The Kier molecular flexibility index (Phi) is 4.58. The summed E-state index contributed by atoms with van der Waals surface area (Å²) in [5.41, 5.74) is 0.0521. The van der Waals surface area contributed by atoms with E-state index in [1.807, 2.05) is 6.92 Å². The molecule has 0 heterocycles. The fraction of sp³-hybridized carbons (Fsp3) is 0.917. The molecule has 0 radical (unpaired) electrons. The Morgan fingerprint density at radius 1 is 1.40 bits per heavy atom. The van der Waals surface area contributed by atoms with Gasteiger partial charge in [0.05, 0.1) is 0 Å². The molecule has 0 spiro atoms. The van der Waals surface area contributed by atoms with Crippen LogP contribution in [0.15, 0.2) is 0 Å². The van der Waals surface area contributed by atoms with Crippen LogP contribution in [0, 0.1) is 0 Å². The van der Waals surface area contributed by atoms with Crippen LogP contribution in [0.1, 0.15) is 58.8 Å². The monoisotopic (exact) mass is 213 g/mol. The van der Waals surface area contributed by atoms with Crippen molar-refractivity contribution in [3.8, 4) is 0 Å². The Labute approximate surface area is 92.3 Å². The molecule has 3 heteroatoms. The number of carboxylic acids is 1. The van der Waals surface area contributed by atoms with Crippen LogP contribution < -0.4 is 5.32 Å². The van der Waals surface area contributed by atoms with Crippen molar-refractivity contribution in [3.63, 3.8) is 0 Å². The third-order valence-electron chi connectivity index (χ3n) is 3.36. The number of aliphatic carboxylic acids is 1. The van der Waals surface area contributed by atoms with Gasteiger partial charge in [0.25, 0.3) is 0 Å². The zero-order valence-electron chi connectivity index (χ0n) is 9.88. The third-order valence-corrected chi connectivity index (χ3v) is 3.36. The molecule has 0 aromatic carbocycles. The summed E-state index contributed by atoms with van der Waals surface area (Å²) < 4.78 is 0. The van der Waals surface area contributed by atoms with E-state index in [4.69, 9.17) is 5.11 Å². The Morgan fingerprint density at radius 3 is 2.47 bits per heavy atom. The third kappa shape index (κ3) is 3.82. The number of carbonyl (C=O) groups is 1. The maximum absolute atomic E-state index is 11.0. The maximum atomic E-state index is 11.0. The highest BCUT2D eigenvalue weighted by Gasteiger charge is 2.31. The van der Waals surface area contributed by atoms with Gasteiger partial charge >= 0.3 is 5.97 Å². The van der Waals surface area contributed by atoms with E-state index in [9.17, 15) is 4.79 Å². The van der Waals surface area contributed by atoms with Gasteiger partial charge in [-0.1, -0.05) is 32.6 Å². The highest BCUT2D eigenvalue weighted by Crippen LogP contribution is 2.28. The summed E-state index contributed by atoms with van der Waals surface area (Å²) in [5.74, 6) is -0.705. The molecule has 2 N–H and O–H groups in total. The van der Waals surface area contributed by atoms with Crippen molar-refractivity contribution in [2.75, 3.05) is 0 Å². The van der Waals surface area contributed by atoms with Gasteiger partial charge in [-0.05, 0) is 26.2 Å². The van der Waals surface area contributed by atoms with Crippen LogP contribution in [0.2, 0.25) is 0 Å². The van der Waals surface area contributed by atoms with Gasteiger partial charge < -0.3 is 5.11 Å². The molecule has 0 aromatic rings. The normalized spacial score (nSPS) is 22.3. The van der Waals surface area contributed by atoms with Gasteiger partial charge in [0.1, 0.15) is 6.04 Å². The molecule has 1 saturated carbocycles. The summed E-state index contributed by atoms with van der Waals surface area (Å²) in [5, 5.41) is 12.4. The van der Waals surface area contributed by atoms with E-state index in [-0.39, 0.29) is 11.6 Å². The first kappa shape index (κ1) is 12.5. The quantitative estimate of drug-likeness (QED) is 0.738. The lowest BCUT2D eigenvalue weighted by Gasteiger charge is -2.37. The molecule has 0 aromatic heterocycles. The second-order valence-corrected chi connectivity index (χ2v) is 4.95. The minimum Gasteiger partial charge on any atom is -0.480 e. The van der Waals surface area contributed by atoms with E-state index < -0.39 is 5.97 Å².